The lowest BCUT2D eigenvalue weighted by atomic mass is 9.78. The largest absolute Gasteiger partial charge is 0.480 e. The molecule has 5 heteroatoms. The molecule has 4 unspecified atom stereocenters. The molecule has 0 aromatic carbocycles. The van der Waals surface area contributed by atoms with Gasteiger partial charge < -0.3 is 10.4 Å². The van der Waals surface area contributed by atoms with Crippen LogP contribution in [0.4, 0.5) is 0 Å². The van der Waals surface area contributed by atoms with Crippen LogP contribution in [-0.2, 0) is 4.79 Å². The van der Waals surface area contributed by atoms with Gasteiger partial charge in [-0.1, -0.05) is 0 Å². The molecule has 0 radical (unpaired) electrons. The number of hydrogen-bond acceptors (Lipinski definition) is 4. The van der Waals surface area contributed by atoms with Crippen molar-refractivity contribution in [3.8, 4) is 0 Å². The van der Waals surface area contributed by atoms with Crippen LogP contribution in [-0.4, -0.2) is 71.7 Å². The molecule has 4 atom stereocenters. The second kappa shape index (κ2) is 6.00. The lowest BCUT2D eigenvalue weighted by Gasteiger charge is -2.49. The topological polar surface area (TPSA) is 55.8 Å². The highest BCUT2D eigenvalue weighted by Gasteiger charge is 2.44. The molecule has 1 saturated carbocycles. The molecule has 0 aromatic rings. The summed E-state index contributed by atoms with van der Waals surface area (Å²) in [5, 5.41) is 12.6. The summed E-state index contributed by atoms with van der Waals surface area (Å²) in [6, 6.07) is 1.47. The van der Waals surface area contributed by atoms with Crippen molar-refractivity contribution in [1.29, 1.82) is 0 Å². The summed E-state index contributed by atoms with van der Waals surface area (Å²) in [5.41, 5.74) is -0.723. The van der Waals surface area contributed by atoms with Crippen molar-refractivity contribution in [2.45, 2.75) is 63.2 Å². The van der Waals surface area contributed by atoms with Gasteiger partial charge >= 0.3 is 5.97 Å². The molecule has 1 aliphatic carbocycles. The molecule has 116 valence electrons. The second-order valence-corrected chi connectivity index (χ2v) is 6.70. The molecule has 0 aromatic heterocycles. The minimum absolute atomic E-state index is 0.394. The smallest absolute Gasteiger partial charge is 0.323 e. The van der Waals surface area contributed by atoms with Crippen LogP contribution in [0.2, 0.25) is 0 Å². The lowest BCUT2D eigenvalue weighted by Crippen LogP contribution is -2.62. The van der Waals surface area contributed by atoms with Gasteiger partial charge in [0.05, 0.1) is 0 Å². The van der Waals surface area contributed by atoms with Crippen molar-refractivity contribution in [3.63, 3.8) is 0 Å². The molecule has 0 spiro atoms. The highest BCUT2D eigenvalue weighted by molar-refractivity contribution is 5.79. The van der Waals surface area contributed by atoms with Crippen LogP contribution in [0, 0.1) is 0 Å². The molecule has 2 fully saturated rings. The van der Waals surface area contributed by atoms with Gasteiger partial charge in [0.2, 0.25) is 0 Å². The fourth-order valence-electron chi connectivity index (χ4n) is 3.83. The van der Waals surface area contributed by atoms with Gasteiger partial charge in [0.1, 0.15) is 5.54 Å². The summed E-state index contributed by atoms with van der Waals surface area (Å²) in [7, 11) is 3.97. The number of nitrogens with zero attached hydrogens (tertiary/aromatic N) is 2. The summed E-state index contributed by atoms with van der Waals surface area (Å²) in [5.74, 6) is -0.695. The second-order valence-electron chi connectivity index (χ2n) is 6.70. The first-order chi connectivity index (χ1) is 9.39. The number of nitrogens with one attached hydrogen (secondary N) is 1. The Kier molecular flexibility index (Phi) is 4.72. The minimum Gasteiger partial charge on any atom is -0.480 e. The fourth-order valence-corrected chi connectivity index (χ4v) is 3.83. The zero-order valence-electron chi connectivity index (χ0n) is 13.2. The van der Waals surface area contributed by atoms with Crippen LogP contribution in [0.25, 0.3) is 0 Å². The van der Waals surface area contributed by atoms with Gasteiger partial charge in [-0.05, 0) is 53.6 Å². The quantitative estimate of drug-likeness (QED) is 0.809. The van der Waals surface area contributed by atoms with Gasteiger partial charge in [-0.3, -0.25) is 14.6 Å². The van der Waals surface area contributed by atoms with Crippen LogP contribution in [0.15, 0.2) is 0 Å². The molecular weight excluding hydrogens is 254 g/mol. The number of likely N-dealkylation sites (N-methyl/N-ethyl adjacent to an activating group) is 2. The number of aliphatic carboxylic acids is 1. The van der Waals surface area contributed by atoms with E-state index in [0.717, 1.165) is 38.8 Å². The summed E-state index contributed by atoms with van der Waals surface area (Å²) in [4.78, 5) is 16.6. The molecular formula is C15H29N3O2. The Balaban J connectivity index is 2.07. The predicted octanol–water partition coefficient (Wildman–Crippen LogP) is 0.996. The third-order valence-corrected chi connectivity index (χ3v) is 5.52. The SMILES string of the molecule is CNC1(C(=O)O)CCCC(N2CC(C)N(C)C(C)C2)C1. The van der Waals surface area contributed by atoms with E-state index in [-0.39, 0.29) is 0 Å². The van der Waals surface area contributed by atoms with E-state index in [4.69, 9.17) is 0 Å². The van der Waals surface area contributed by atoms with Crippen LogP contribution in [0.5, 0.6) is 0 Å². The molecule has 0 bridgehead atoms. The number of carboxylic acids is 1. The van der Waals surface area contributed by atoms with E-state index in [1.807, 2.05) is 0 Å². The Morgan fingerprint density at radius 1 is 1.30 bits per heavy atom. The van der Waals surface area contributed by atoms with E-state index < -0.39 is 11.5 Å². The molecule has 20 heavy (non-hydrogen) atoms. The van der Waals surface area contributed by atoms with E-state index in [2.05, 4.69) is 36.0 Å². The average molecular weight is 283 g/mol. The summed E-state index contributed by atoms with van der Waals surface area (Å²) < 4.78 is 0. The first-order valence-electron chi connectivity index (χ1n) is 7.78. The maximum atomic E-state index is 11.6. The van der Waals surface area contributed by atoms with Crippen LogP contribution in [0.1, 0.15) is 39.5 Å². The third-order valence-electron chi connectivity index (χ3n) is 5.52. The lowest BCUT2D eigenvalue weighted by molar-refractivity contribution is -0.147. The minimum atomic E-state index is -0.723. The number of piperazine rings is 1. The van der Waals surface area contributed by atoms with Gasteiger partial charge in [0.15, 0.2) is 0 Å². The van der Waals surface area contributed by atoms with E-state index >= 15 is 0 Å². The van der Waals surface area contributed by atoms with Crippen molar-refractivity contribution < 1.29 is 9.90 Å². The molecule has 1 aliphatic heterocycles. The van der Waals surface area contributed by atoms with E-state index in [9.17, 15) is 9.90 Å². The zero-order valence-corrected chi connectivity index (χ0v) is 13.2. The molecule has 2 N–H and O–H groups in total. The molecule has 5 nitrogen and oxygen atoms in total. The molecule has 0 amide bonds. The van der Waals surface area contributed by atoms with Gasteiger partial charge in [0, 0.05) is 31.2 Å². The maximum Gasteiger partial charge on any atom is 0.323 e. The predicted molar refractivity (Wildman–Crippen MR) is 79.9 cm³/mol. The van der Waals surface area contributed by atoms with Crippen LogP contribution < -0.4 is 5.32 Å². The highest BCUT2D eigenvalue weighted by atomic mass is 16.4. The summed E-state index contributed by atoms with van der Waals surface area (Å²) in [6.07, 6.45) is 3.59. The van der Waals surface area contributed by atoms with Crippen molar-refractivity contribution in [2.24, 2.45) is 0 Å². The van der Waals surface area contributed by atoms with E-state index in [0.29, 0.717) is 18.1 Å². The highest BCUT2D eigenvalue weighted by Crippen LogP contribution is 2.33. The van der Waals surface area contributed by atoms with Crippen LogP contribution in [0.3, 0.4) is 0 Å². The van der Waals surface area contributed by atoms with Gasteiger partial charge in [-0.15, -0.1) is 0 Å². The molecule has 2 aliphatic rings. The Labute approximate surface area is 122 Å². The monoisotopic (exact) mass is 283 g/mol. The van der Waals surface area contributed by atoms with Gasteiger partial charge in [-0.2, -0.15) is 0 Å². The molecule has 1 saturated heterocycles. The molecule has 1 heterocycles. The van der Waals surface area contributed by atoms with Crippen molar-refractivity contribution >= 4 is 5.97 Å². The zero-order chi connectivity index (χ0) is 14.9. The Hall–Kier alpha value is -0.650. The third kappa shape index (κ3) is 2.85. The van der Waals surface area contributed by atoms with E-state index in [1.54, 1.807) is 7.05 Å². The number of hydrogen-bond donors (Lipinski definition) is 2. The number of carboxylic acid groups (broad SMARTS) is 1. The normalized spacial score (nSPS) is 40.7. The van der Waals surface area contributed by atoms with Crippen molar-refractivity contribution in [1.82, 2.24) is 15.1 Å². The van der Waals surface area contributed by atoms with Crippen LogP contribution >= 0.6 is 0 Å². The first-order valence-corrected chi connectivity index (χ1v) is 7.78. The van der Waals surface area contributed by atoms with Gasteiger partial charge in [-0.25, -0.2) is 0 Å². The van der Waals surface area contributed by atoms with Gasteiger partial charge in [0.25, 0.3) is 0 Å². The summed E-state index contributed by atoms with van der Waals surface area (Å²) in [6.45, 7) is 6.61. The van der Waals surface area contributed by atoms with Crippen molar-refractivity contribution in [3.05, 3.63) is 0 Å². The van der Waals surface area contributed by atoms with Crippen molar-refractivity contribution in [2.75, 3.05) is 27.2 Å². The Morgan fingerprint density at radius 2 is 1.90 bits per heavy atom. The molecule has 2 rings (SSSR count). The number of rotatable bonds is 3. The van der Waals surface area contributed by atoms with E-state index in [1.165, 1.54) is 0 Å². The maximum absolute atomic E-state index is 11.6. The number of carbonyl (C=O) groups is 1. The Bertz CT molecular complexity index is 351. The fraction of sp³-hybridized carbons (Fsp3) is 0.933. The average Bonchev–Trinajstić information content (AvgIpc) is 2.44. The Morgan fingerprint density at radius 3 is 2.40 bits per heavy atom. The first kappa shape index (κ1) is 15.7. The summed E-state index contributed by atoms with van der Waals surface area (Å²) >= 11 is 0. The standard InChI is InChI=1S/C15H29N3O2/c1-11-9-18(10-12(2)17(11)4)13-6-5-7-15(8-13,16-3)14(19)20/h11-13,16H,5-10H2,1-4H3,(H,19,20).